The minimum Gasteiger partial charge on any atom is -0.310 e. The van der Waals surface area contributed by atoms with Crippen LogP contribution >= 0.6 is 0 Å². The van der Waals surface area contributed by atoms with Gasteiger partial charge in [-0.15, -0.1) is 0 Å². The molecule has 0 aromatic heterocycles. The summed E-state index contributed by atoms with van der Waals surface area (Å²) in [6.45, 7) is 3.96. The second-order valence-electron chi connectivity index (χ2n) is 4.72. The van der Waals surface area contributed by atoms with Gasteiger partial charge in [-0.3, -0.25) is 0 Å². The van der Waals surface area contributed by atoms with Crippen LogP contribution in [0.1, 0.15) is 20.3 Å². The minimum absolute atomic E-state index is 0.257. The van der Waals surface area contributed by atoms with E-state index in [2.05, 4.69) is 5.32 Å². The number of primary sulfonamides is 1. The molecule has 0 bridgehead atoms. The molecule has 2 heterocycles. The third kappa shape index (κ3) is 2.39. The van der Waals surface area contributed by atoms with Crippen LogP contribution in [0.25, 0.3) is 0 Å². The number of nitrogens with two attached hydrogens (primary N) is 1. The van der Waals surface area contributed by atoms with Crippen LogP contribution < -0.4 is 10.5 Å². The van der Waals surface area contributed by atoms with Gasteiger partial charge in [0.15, 0.2) is 14.1 Å². The van der Waals surface area contributed by atoms with Crippen molar-refractivity contribution < 1.29 is 21.0 Å². The van der Waals surface area contributed by atoms with Crippen molar-refractivity contribution in [2.75, 3.05) is 6.54 Å². The zero-order valence-electron chi connectivity index (χ0n) is 11.0. The van der Waals surface area contributed by atoms with Crippen LogP contribution in [0.15, 0.2) is 20.1 Å². The van der Waals surface area contributed by atoms with Crippen molar-refractivity contribution in [1.29, 1.82) is 0 Å². The van der Waals surface area contributed by atoms with Crippen LogP contribution in [0, 0.1) is 0 Å². The second-order valence-corrected chi connectivity index (χ2v) is 10.5. The zero-order chi connectivity index (χ0) is 15.3. The fraction of sp³-hybridized carbons (Fsp3) is 0.600. The normalized spacial score (nSPS) is 33.0. The van der Waals surface area contributed by atoms with Crippen LogP contribution in [-0.4, -0.2) is 38.9 Å². The summed E-state index contributed by atoms with van der Waals surface area (Å²) in [5, 5.41) is 7.36. The summed E-state index contributed by atoms with van der Waals surface area (Å²) in [6, 6.07) is -0.336. The van der Waals surface area contributed by atoms with E-state index in [1.807, 2.05) is 6.92 Å². The first-order valence-electron chi connectivity index (χ1n) is 5.98. The Hall–Kier alpha value is -0.550. The molecule has 7 nitrogen and oxygen atoms in total. The standard InChI is InChI=1S/C10H16N2O5S3/c1-3-12-8-4-6(2)19(14,15)10-7(8)5-9(18(10)13)20(11,16)17/h5-6,8,12H,3-4H2,1-2H3,(H2,11,16,17)/t6-,8-,18?/m0/s1. The molecule has 3 N–H and O–H groups in total. The van der Waals surface area contributed by atoms with Gasteiger partial charge in [0.2, 0.25) is 10.0 Å². The van der Waals surface area contributed by atoms with E-state index in [-0.39, 0.29) is 15.9 Å². The van der Waals surface area contributed by atoms with E-state index in [1.54, 1.807) is 0 Å². The highest BCUT2D eigenvalue weighted by Crippen LogP contribution is 2.40. The Bertz CT molecular complexity index is 733. The number of sulfonamides is 1. The van der Waals surface area contributed by atoms with Crippen LogP contribution in [0.4, 0.5) is 0 Å². The highest BCUT2D eigenvalue weighted by atomic mass is 32.3. The molecule has 0 aromatic rings. The lowest BCUT2D eigenvalue weighted by Gasteiger charge is -2.28. The third-order valence-electron chi connectivity index (χ3n) is 3.32. The van der Waals surface area contributed by atoms with E-state index < -0.39 is 40.1 Å². The molecule has 2 aliphatic rings. The minimum atomic E-state index is -4.19. The maximum absolute atomic E-state index is 12.3. The molecule has 0 saturated heterocycles. The maximum Gasteiger partial charge on any atom is 0.247 e. The van der Waals surface area contributed by atoms with Gasteiger partial charge >= 0.3 is 0 Å². The van der Waals surface area contributed by atoms with E-state index in [9.17, 15) is 21.0 Å². The van der Waals surface area contributed by atoms with Gasteiger partial charge in [-0.2, -0.15) is 0 Å². The quantitative estimate of drug-likeness (QED) is 0.698. The largest absolute Gasteiger partial charge is 0.310 e. The zero-order valence-corrected chi connectivity index (χ0v) is 13.4. The van der Waals surface area contributed by atoms with Crippen molar-refractivity contribution in [3.8, 4) is 0 Å². The summed E-state index contributed by atoms with van der Waals surface area (Å²) in [5.74, 6) is 0. The number of nitrogens with one attached hydrogen (secondary N) is 1. The maximum atomic E-state index is 12.3. The van der Waals surface area contributed by atoms with E-state index in [4.69, 9.17) is 5.14 Å². The van der Waals surface area contributed by atoms with E-state index >= 15 is 0 Å². The fourth-order valence-electron chi connectivity index (χ4n) is 2.35. The first kappa shape index (κ1) is 15.8. The molecule has 114 valence electrons. The number of rotatable bonds is 3. The first-order valence-corrected chi connectivity index (χ1v) is 10.2. The topological polar surface area (TPSA) is 123 Å². The second kappa shape index (κ2) is 5.02. The summed E-state index contributed by atoms with van der Waals surface area (Å²) in [4.78, 5) is 0. The van der Waals surface area contributed by atoms with Crippen molar-refractivity contribution >= 4 is 30.7 Å². The smallest absolute Gasteiger partial charge is 0.247 e. The molecule has 2 rings (SSSR count). The van der Waals surface area contributed by atoms with Gasteiger partial charge in [0.05, 0.1) is 5.25 Å². The van der Waals surface area contributed by atoms with Crippen LogP contribution in [0.5, 0.6) is 0 Å². The fourth-order valence-corrected chi connectivity index (χ4v) is 7.67. The predicted octanol–water partition coefficient (Wildman–Crippen LogP) is -0.725. The van der Waals surface area contributed by atoms with Gasteiger partial charge in [0, 0.05) is 6.04 Å². The molecule has 1 unspecified atom stereocenters. The van der Waals surface area contributed by atoms with Crippen LogP contribution in [0.3, 0.4) is 0 Å². The summed E-state index contributed by atoms with van der Waals surface area (Å²) in [6.07, 6.45) is 1.44. The monoisotopic (exact) mass is 340 g/mol. The molecule has 0 spiro atoms. The van der Waals surface area contributed by atoms with Crippen molar-refractivity contribution in [3.05, 3.63) is 20.1 Å². The molecule has 0 fully saturated rings. The van der Waals surface area contributed by atoms with Crippen molar-refractivity contribution in [2.45, 2.75) is 31.6 Å². The summed E-state index contributed by atoms with van der Waals surface area (Å²) in [7, 11) is -10.2. The van der Waals surface area contributed by atoms with Gasteiger partial charge in [0.25, 0.3) is 0 Å². The molecule has 0 radical (unpaired) electrons. The van der Waals surface area contributed by atoms with Gasteiger partial charge in [-0.25, -0.2) is 26.2 Å². The Morgan fingerprint density at radius 1 is 1.50 bits per heavy atom. The SMILES string of the molecule is CCN[C@H]1C[C@H](C)S(=O)(=O)C2=C1C=C(S(N)(=O)=O)S2=O. The molecule has 0 aliphatic carbocycles. The Labute approximate surface area is 120 Å². The van der Waals surface area contributed by atoms with Gasteiger partial charge < -0.3 is 5.32 Å². The van der Waals surface area contributed by atoms with E-state index in [0.717, 1.165) is 6.08 Å². The van der Waals surface area contributed by atoms with Crippen LogP contribution in [0.2, 0.25) is 0 Å². The number of sulfone groups is 1. The molecule has 2 aliphatic heterocycles. The third-order valence-corrected chi connectivity index (χ3v) is 9.36. The van der Waals surface area contributed by atoms with Crippen LogP contribution in [-0.2, 0) is 30.7 Å². The highest BCUT2D eigenvalue weighted by Gasteiger charge is 2.46. The van der Waals surface area contributed by atoms with Gasteiger partial charge in [-0.05, 0) is 31.5 Å². The van der Waals surface area contributed by atoms with E-state index in [0.29, 0.717) is 13.0 Å². The Kier molecular flexibility index (Phi) is 3.97. The van der Waals surface area contributed by atoms with Crippen molar-refractivity contribution in [3.63, 3.8) is 0 Å². The molecule has 0 aromatic carbocycles. The number of hydrogen-bond acceptors (Lipinski definition) is 6. The molecule has 20 heavy (non-hydrogen) atoms. The molecule has 3 atom stereocenters. The van der Waals surface area contributed by atoms with Crippen molar-refractivity contribution in [2.24, 2.45) is 5.14 Å². The van der Waals surface area contributed by atoms with E-state index in [1.165, 1.54) is 6.92 Å². The Morgan fingerprint density at radius 3 is 2.60 bits per heavy atom. The Balaban J connectivity index is 2.64. The molecular formula is C10H16N2O5S3. The average Bonchev–Trinajstić information content (AvgIpc) is 2.65. The predicted molar refractivity (Wildman–Crippen MR) is 76.8 cm³/mol. The van der Waals surface area contributed by atoms with Gasteiger partial charge in [0.1, 0.15) is 15.0 Å². The number of likely N-dealkylation sites (N-methyl/N-ethyl adjacent to an activating group) is 1. The molecular weight excluding hydrogens is 324 g/mol. The summed E-state index contributed by atoms with van der Waals surface area (Å²) >= 11 is 0. The highest BCUT2D eigenvalue weighted by molar-refractivity contribution is 8.20. The molecule has 0 amide bonds. The molecule has 0 saturated carbocycles. The summed E-state index contributed by atoms with van der Waals surface area (Å²) < 4.78 is 58.8. The lowest BCUT2D eigenvalue weighted by Crippen LogP contribution is -2.40. The average molecular weight is 340 g/mol. The van der Waals surface area contributed by atoms with Gasteiger partial charge in [-0.1, -0.05) is 6.92 Å². The lowest BCUT2D eigenvalue weighted by atomic mass is 10.0. The van der Waals surface area contributed by atoms with Crippen molar-refractivity contribution in [1.82, 2.24) is 5.32 Å². The number of hydrogen-bond donors (Lipinski definition) is 2. The Morgan fingerprint density at radius 2 is 2.10 bits per heavy atom. The first-order chi connectivity index (χ1) is 9.10. The molecule has 10 heteroatoms. The lowest BCUT2D eigenvalue weighted by molar-refractivity contribution is 0.522. The summed E-state index contributed by atoms with van der Waals surface area (Å²) in [5.41, 5.74) is 0.257.